The summed E-state index contributed by atoms with van der Waals surface area (Å²) < 4.78 is 5.52. The third-order valence-corrected chi connectivity index (χ3v) is 5.89. The summed E-state index contributed by atoms with van der Waals surface area (Å²) in [5.41, 5.74) is 1.08. The molecule has 0 radical (unpaired) electrons. The number of hydrogen-bond acceptors (Lipinski definition) is 3. The molecule has 6 heteroatoms. The van der Waals surface area contributed by atoms with Crippen molar-refractivity contribution in [3.05, 3.63) is 17.5 Å². The van der Waals surface area contributed by atoms with Gasteiger partial charge in [0.25, 0.3) is 0 Å². The molecule has 1 aromatic rings. The first-order chi connectivity index (χ1) is 11.7. The lowest BCUT2D eigenvalue weighted by molar-refractivity contribution is 0.299. The van der Waals surface area contributed by atoms with E-state index in [1.54, 1.807) is 0 Å². The average molecular weight is 460 g/mol. The molecule has 2 fully saturated rings. The maximum absolute atomic E-state index is 5.52. The number of rotatable bonds is 5. The zero-order valence-corrected chi connectivity index (χ0v) is 18.2. The predicted molar refractivity (Wildman–Crippen MR) is 112 cm³/mol. The summed E-state index contributed by atoms with van der Waals surface area (Å²) >= 11 is 0. The monoisotopic (exact) mass is 460 g/mol. The molecule has 1 aliphatic heterocycles. The van der Waals surface area contributed by atoms with Crippen molar-refractivity contribution in [3.8, 4) is 0 Å². The Balaban J connectivity index is 0.00000225. The highest BCUT2D eigenvalue weighted by molar-refractivity contribution is 14.0. The molecule has 2 aliphatic rings. The molecule has 1 saturated carbocycles. The van der Waals surface area contributed by atoms with Crippen LogP contribution in [0.4, 0.5) is 0 Å². The van der Waals surface area contributed by atoms with Crippen LogP contribution in [0.1, 0.15) is 69.7 Å². The minimum absolute atomic E-state index is 0. The van der Waals surface area contributed by atoms with Crippen molar-refractivity contribution in [1.29, 1.82) is 0 Å². The Morgan fingerprint density at radius 2 is 1.92 bits per heavy atom. The Bertz CT molecular complexity index is 541. The van der Waals surface area contributed by atoms with Crippen molar-refractivity contribution in [2.75, 3.05) is 20.1 Å². The molecule has 5 nitrogen and oxygen atoms in total. The Kier molecular flexibility index (Phi) is 8.03. The fraction of sp³-hybridized carbons (Fsp3) is 0.789. The van der Waals surface area contributed by atoms with Gasteiger partial charge in [0.15, 0.2) is 11.7 Å². The summed E-state index contributed by atoms with van der Waals surface area (Å²) in [6, 6.07) is 2.10. The number of fused-ring (bicyclic) bond motifs is 1. The van der Waals surface area contributed by atoms with E-state index in [0.29, 0.717) is 12.5 Å². The molecule has 142 valence electrons. The number of aliphatic imine (C=N–C) groups is 1. The Labute approximate surface area is 169 Å². The van der Waals surface area contributed by atoms with Gasteiger partial charge in [-0.15, -0.1) is 24.0 Å². The Morgan fingerprint density at radius 3 is 2.48 bits per heavy atom. The summed E-state index contributed by atoms with van der Waals surface area (Å²) in [5.74, 6) is 4.14. The van der Waals surface area contributed by atoms with Crippen molar-refractivity contribution in [3.63, 3.8) is 0 Å². The van der Waals surface area contributed by atoms with Gasteiger partial charge >= 0.3 is 0 Å². The molecule has 1 aromatic heterocycles. The molecular formula is C19H33IN4O. The maximum atomic E-state index is 5.52. The summed E-state index contributed by atoms with van der Waals surface area (Å²) in [7, 11) is 1.88. The summed E-state index contributed by atoms with van der Waals surface area (Å²) in [4.78, 5) is 6.92. The molecule has 3 rings (SSSR count). The van der Waals surface area contributed by atoms with Gasteiger partial charge in [-0.25, -0.2) is 0 Å². The van der Waals surface area contributed by atoms with E-state index in [1.165, 1.54) is 25.7 Å². The second-order valence-corrected chi connectivity index (χ2v) is 7.34. The van der Waals surface area contributed by atoms with Crippen LogP contribution in [0.3, 0.4) is 0 Å². The number of likely N-dealkylation sites (tertiary alicyclic amines) is 1. The van der Waals surface area contributed by atoms with Gasteiger partial charge in [-0.05, 0) is 37.5 Å². The largest absolute Gasteiger partial charge is 0.359 e. The molecule has 2 heterocycles. The van der Waals surface area contributed by atoms with E-state index in [1.807, 2.05) is 7.05 Å². The predicted octanol–water partition coefficient (Wildman–Crippen LogP) is 4.39. The van der Waals surface area contributed by atoms with Crippen LogP contribution in [0.25, 0.3) is 0 Å². The number of nitrogens with zero attached hydrogens (tertiary/aromatic N) is 3. The number of hydrogen-bond donors (Lipinski definition) is 1. The first-order valence-electron chi connectivity index (χ1n) is 9.66. The zero-order valence-electron chi connectivity index (χ0n) is 15.8. The normalized spacial score (nSPS) is 23.5. The van der Waals surface area contributed by atoms with Crippen molar-refractivity contribution in [1.82, 2.24) is 15.4 Å². The molecular weight excluding hydrogens is 427 g/mol. The standard InChI is InChI=1S/C19H32N4O.HI/c1-4-14(5-2)18-10-17(24-22-18)11-21-19(20-3)23-12-15-8-6-7-9-16(15)13-23;/h10,14-16H,4-9,11-13H2,1-3H3,(H,20,21);1H. The summed E-state index contributed by atoms with van der Waals surface area (Å²) in [5, 5.41) is 7.72. The Hall–Kier alpha value is -0.790. The van der Waals surface area contributed by atoms with E-state index < -0.39 is 0 Å². The van der Waals surface area contributed by atoms with Gasteiger partial charge in [0, 0.05) is 32.1 Å². The quantitative estimate of drug-likeness (QED) is 0.402. The fourth-order valence-corrected chi connectivity index (χ4v) is 4.39. The van der Waals surface area contributed by atoms with Gasteiger partial charge in [0.1, 0.15) is 0 Å². The minimum atomic E-state index is 0. The van der Waals surface area contributed by atoms with Crippen LogP contribution in [0.15, 0.2) is 15.6 Å². The van der Waals surface area contributed by atoms with E-state index in [4.69, 9.17) is 4.52 Å². The van der Waals surface area contributed by atoms with E-state index in [9.17, 15) is 0 Å². The van der Waals surface area contributed by atoms with Crippen LogP contribution in [-0.4, -0.2) is 36.2 Å². The van der Waals surface area contributed by atoms with Crippen molar-refractivity contribution < 1.29 is 4.52 Å². The van der Waals surface area contributed by atoms with Gasteiger partial charge in [0.05, 0.1) is 12.2 Å². The molecule has 1 N–H and O–H groups in total. The van der Waals surface area contributed by atoms with Crippen molar-refractivity contribution in [2.24, 2.45) is 16.8 Å². The summed E-state index contributed by atoms with van der Waals surface area (Å²) in [6.07, 6.45) is 7.79. The number of nitrogens with one attached hydrogen (secondary N) is 1. The van der Waals surface area contributed by atoms with Gasteiger partial charge in [-0.2, -0.15) is 0 Å². The zero-order chi connectivity index (χ0) is 16.9. The number of guanidine groups is 1. The van der Waals surface area contributed by atoms with E-state index in [0.717, 1.165) is 55.2 Å². The van der Waals surface area contributed by atoms with Crippen LogP contribution >= 0.6 is 24.0 Å². The molecule has 0 amide bonds. The first kappa shape index (κ1) is 20.5. The smallest absolute Gasteiger partial charge is 0.194 e. The molecule has 0 spiro atoms. The lowest BCUT2D eigenvalue weighted by Crippen LogP contribution is -2.39. The molecule has 1 aliphatic carbocycles. The third kappa shape index (κ3) is 4.89. The second-order valence-electron chi connectivity index (χ2n) is 7.34. The first-order valence-corrected chi connectivity index (χ1v) is 9.66. The second kappa shape index (κ2) is 9.78. The van der Waals surface area contributed by atoms with Crippen LogP contribution in [0.2, 0.25) is 0 Å². The van der Waals surface area contributed by atoms with Crippen molar-refractivity contribution in [2.45, 2.75) is 64.8 Å². The third-order valence-electron chi connectivity index (χ3n) is 5.89. The lowest BCUT2D eigenvalue weighted by Gasteiger charge is -2.22. The molecule has 2 atom stereocenters. The minimum Gasteiger partial charge on any atom is -0.359 e. The van der Waals surface area contributed by atoms with E-state index >= 15 is 0 Å². The van der Waals surface area contributed by atoms with Crippen LogP contribution < -0.4 is 5.32 Å². The molecule has 0 aromatic carbocycles. The fourth-order valence-electron chi connectivity index (χ4n) is 4.39. The van der Waals surface area contributed by atoms with Gasteiger partial charge in [0.2, 0.25) is 0 Å². The van der Waals surface area contributed by atoms with E-state index in [-0.39, 0.29) is 24.0 Å². The Morgan fingerprint density at radius 1 is 1.28 bits per heavy atom. The van der Waals surface area contributed by atoms with E-state index in [2.05, 4.69) is 40.3 Å². The summed E-state index contributed by atoms with van der Waals surface area (Å²) in [6.45, 7) is 7.37. The topological polar surface area (TPSA) is 53.7 Å². The average Bonchev–Trinajstić information content (AvgIpc) is 3.23. The highest BCUT2D eigenvalue weighted by Gasteiger charge is 2.35. The van der Waals surface area contributed by atoms with Crippen LogP contribution in [0, 0.1) is 11.8 Å². The number of halogens is 1. The lowest BCUT2D eigenvalue weighted by atomic mass is 9.82. The molecule has 1 saturated heterocycles. The van der Waals surface area contributed by atoms with Gasteiger partial charge in [-0.3, -0.25) is 4.99 Å². The van der Waals surface area contributed by atoms with Crippen molar-refractivity contribution >= 4 is 29.9 Å². The maximum Gasteiger partial charge on any atom is 0.194 e. The number of aromatic nitrogens is 1. The highest BCUT2D eigenvalue weighted by Crippen LogP contribution is 2.36. The van der Waals surface area contributed by atoms with Crippen LogP contribution in [-0.2, 0) is 6.54 Å². The molecule has 25 heavy (non-hydrogen) atoms. The molecule has 2 unspecified atom stereocenters. The van der Waals surface area contributed by atoms with Crippen LogP contribution in [0.5, 0.6) is 0 Å². The molecule has 0 bridgehead atoms. The SMILES string of the molecule is CCC(CC)c1cc(CNC(=NC)N2CC3CCCCC3C2)on1.I. The van der Waals surface area contributed by atoms with Gasteiger partial charge in [-0.1, -0.05) is 31.8 Å². The van der Waals surface area contributed by atoms with Gasteiger partial charge < -0.3 is 14.7 Å². The highest BCUT2D eigenvalue weighted by atomic mass is 127.